The number of nitro groups is 1. The molecule has 1 saturated heterocycles. The van der Waals surface area contributed by atoms with Gasteiger partial charge in [0.25, 0.3) is 5.69 Å². The first-order valence-corrected chi connectivity index (χ1v) is 9.22. The van der Waals surface area contributed by atoms with Crippen molar-refractivity contribution in [3.63, 3.8) is 0 Å². The molecule has 1 heterocycles. The molecule has 0 atom stereocenters. The number of ether oxygens (including phenoxy) is 2. The molecule has 0 saturated carbocycles. The van der Waals surface area contributed by atoms with Crippen molar-refractivity contribution in [1.29, 1.82) is 0 Å². The topological polar surface area (TPSA) is 110 Å². The largest absolute Gasteiger partial charge is 0.450 e. The highest BCUT2D eigenvalue weighted by molar-refractivity contribution is 5.80. The lowest BCUT2D eigenvalue weighted by Gasteiger charge is -2.36. The molecule has 0 spiro atoms. The molecule has 154 valence electrons. The molecule has 1 aliphatic heterocycles. The van der Waals surface area contributed by atoms with Gasteiger partial charge in [-0.05, 0) is 12.5 Å². The molecule has 0 radical (unpaired) electrons. The van der Waals surface area contributed by atoms with Crippen LogP contribution in [-0.4, -0.2) is 79.8 Å². The fraction of sp³-hybridized carbons (Fsp3) is 0.556. The zero-order valence-electron chi connectivity index (χ0n) is 16.3. The number of hydrogen-bond donors (Lipinski definition) is 1. The molecule has 28 heavy (non-hydrogen) atoms. The van der Waals surface area contributed by atoms with Crippen LogP contribution in [0.15, 0.2) is 29.3 Å². The molecule has 0 aliphatic carbocycles. The minimum atomic E-state index is -0.423. The Labute approximate surface area is 164 Å². The number of nitro benzene ring substituents is 1. The molecule has 1 amide bonds. The summed E-state index contributed by atoms with van der Waals surface area (Å²) in [6.45, 7) is 6.08. The van der Waals surface area contributed by atoms with Gasteiger partial charge in [0, 0.05) is 52.0 Å². The van der Waals surface area contributed by atoms with Gasteiger partial charge >= 0.3 is 6.09 Å². The standard InChI is InChI=1S/C18H27N5O5/c1-3-28-18(24)22-11-9-21(10-12-22)17(19-8-13-27-2)20-14-15-4-6-16(7-5-15)23(25)26/h4-7H,3,8-14H2,1-2H3,(H,19,20). The van der Waals surface area contributed by atoms with Crippen molar-refractivity contribution in [1.82, 2.24) is 15.1 Å². The van der Waals surface area contributed by atoms with Crippen LogP contribution >= 0.6 is 0 Å². The maximum atomic E-state index is 11.8. The number of nitrogens with zero attached hydrogens (tertiary/aromatic N) is 4. The lowest BCUT2D eigenvalue weighted by atomic mass is 10.2. The van der Waals surface area contributed by atoms with Crippen LogP contribution in [0.5, 0.6) is 0 Å². The minimum Gasteiger partial charge on any atom is -0.450 e. The Balaban J connectivity index is 1.99. The number of aliphatic imine (C=N–C) groups is 1. The zero-order valence-corrected chi connectivity index (χ0v) is 16.3. The van der Waals surface area contributed by atoms with Crippen LogP contribution in [0.4, 0.5) is 10.5 Å². The molecule has 1 fully saturated rings. The number of non-ortho nitro benzene ring substituents is 1. The third-order valence-electron chi connectivity index (χ3n) is 4.25. The van der Waals surface area contributed by atoms with Crippen LogP contribution in [0.2, 0.25) is 0 Å². The van der Waals surface area contributed by atoms with E-state index in [1.165, 1.54) is 12.1 Å². The molecule has 0 unspecified atom stereocenters. The predicted molar refractivity (Wildman–Crippen MR) is 104 cm³/mol. The Morgan fingerprint density at radius 3 is 2.43 bits per heavy atom. The van der Waals surface area contributed by atoms with Crippen molar-refractivity contribution in [3.05, 3.63) is 39.9 Å². The molecule has 10 nitrogen and oxygen atoms in total. The Hall–Kier alpha value is -2.88. The first-order valence-electron chi connectivity index (χ1n) is 9.22. The maximum Gasteiger partial charge on any atom is 0.409 e. The Kier molecular flexibility index (Phi) is 8.47. The smallest absolute Gasteiger partial charge is 0.409 e. The van der Waals surface area contributed by atoms with Crippen LogP contribution in [0.25, 0.3) is 0 Å². The number of piperazine rings is 1. The summed E-state index contributed by atoms with van der Waals surface area (Å²) < 4.78 is 10.1. The van der Waals surface area contributed by atoms with Gasteiger partial charge in [0.2, 0.25) is 0 Å². The highest BCUT2D eigenvalue weighted by atomic mass is 16.6. The first-order chi connectivity index (χ1) is 13.5. The number of amides is 1. The SMILES string of the molecule is CCOC(=O)N1CCN(C(=NCc2ccc([N+](=O)[O-])cc2)NCCOC)CC1. The molecular formula is C18H27N5O5. The summed E-state index contributed by atoms with van der Waals surface area (Å²) in [5.41, 5.74) is 0.933. The van der Waals surface area contributed by atoms with Gasteiger partial charge in [-0.2, -0.15) is 0 Å². The molecule has 0 aromatic heterocycles. The van der Waals surface area contributed by atoms with Crippen molar-refractivity contribution < 1.29 is 19.2 Å². The maximum absolute atomic E-state index is 11.8. The van der Waals surface area contributed by atoms with Crippen molar-refractivity contribution in [3.8, 4) is 0 Å². The second-order valence-electron chi connectivity index (χ2n) is 6.16. The van der Waals surface area contributed by atoms with E-state index in [1.54, 1.807) is 31.1 Å². The molecule has 2 rings (SSSR count). The average Bonchev–Trinajstić information content (AvgIpc) is 2.71. The normalized spacial score (nSPS) is 14.7. The number of hydrogen-bond acceptors (Lipinski definition) is 6. The first kappa shape index (κ1) is 21.4. The Bertz CT molecular complexity index is 671. The number of benzene rings is 1. The van der Waals surface area contributed by atoms with Crippen LogP contribution < -0.4 is 5.32 Å². The highest BCUT2D eigenvalue weighted by Crippen LogP contribution is 2.13. The number of carbonyl (C=O) groups is 1. The predicted octanol–water partition coefficient (Wildman–Crippen LogP) is 1.46. The molecule has 1 aromatic rings. The van der Waals surface area contributed by atoms with Gasteiger partial charge in [0.15, 0.2) is 5.96 Å². The Morgan fingerprint density at radius 1 is 1.21 bits per heavy atom. The summed E-state index contributed by atoms with van der Waals surface area (Å²) >= 11 is 0. The summed E-state index contributed by atoms with van der Waals surface area (Å²) in [6, 6.07) is 6.35. The zero-order chi connectivity index (χ0) is 20.4. The molecule has 0 bridgehead atoms. The van der Waals surface area contributed by atoms with Crippen molar-refractivity contribution in [2.45, 2.75) is 13.5 Å². The third-order valence-corrected chi connectivity index (χ3v) is 4.25. The van der Waals surface area contributed by atoms with Crippen molar-refractivity contribution >= 4 is 17.7 Å². The Morgan fingerprint density at radius 2 is 1.86 bits per heavy atom. The van der Waals surface area contributed by atoms with E-state index in [4.69, 9.17) is 9.47 Å². The molecular weight excluding hydrogens is 366 g/mol. The summed E-state index contributed by atoms with van der Waals surface area (Å²) in [5, 5.41) is 14.0. The quantitative estimate of drug-likeness (QED) is 0.245. The van der Waals surface area contributed by atoms with Gasteiger partial charge in [-0.3, -0.25) is 10.1 Å². The van der Waals surface area contributed by atoms with Gasteiger partial charge < -0.3 is 24.6 Å². The van der Waals surface area contributed by atoms with E-state index >= 15 is 0 Å². The number of methoxy groups -OCH3 is 1. The number of guanidine groups is 1. The molecule has 1 N–H and O–H groups in total. The fourth-order valence-electron chi connectivity index (χ4n) is 2.74. The third kappa shape index (κ3) is 6.38. The van der Waals surface area contributed by atoms with Crippen LogP contribution in [0.3, 0.4) is 0 Å². The summed E-state index contributed by atoms with van der Waals surface area (Å²) in [4.78, 5) is 30.6. The lowest BCUT2D eigenvalue weighted by molar-refractivity contribution is -0.384. The van der Waals surface area contributed by atoms with Crippen molar-refractivity contribution in [2.24, 2.45) is 4.99 Å². The van der Waals surface area contributed by atoms with E-state index in [2.05, 4.69) is 15.2 Å². The van der Waals surface area contributed by atoms with Gasteiger partial charge in [0.05, 0.1) is 24.7 Å². The van der Waals surface area contributed by atoms with Crippen LogP contribution in [0, 0.1) is 10.1 Å². The van der Waals surface area contributed by atoms with Crippen LogP contribution in [0.1, 0.15) is 12.5 Å². The number of carbonyl (C=O) groups excluding carboxylic acids is 1. The lowest BCUT2D eigenvalue weighted by Crippen LogP contribution is -2.54. The summed E-state index contributed by atoms with van der Waals surface area (Å²) in [5.74, 6) is 0.721. The van der Waals surface area contributed by atoms with Gasteiger partial charge in [-0.1, -0.05) is 12.1 Å². The molecule has 1 aliphatic rings. The monoisotopic (exact) mass is 393 g/mol. The highest BCUT2D eigenvalue weighted by Gasteiger charge is 2.23. The minimum absolute atomic E-state index is 0.0567. The summed E-state index contributed by atoms with van der Waals surface area (Å²) in [7, 11) is 1.63. The van der Waals surface area contributed by atoms with E-state index < -0.39 is 4.92 Å². The van der Waals surface area contributed by atoms with Gasteiger partial charge in [-0.15, -0.1) is 0 Å². The second kappa shape index (κ2) is 11.1. The van der Waals surface area contributed by atoms with E-state index in [0.717, 1.165) is 11.5 Å². The number of nitrogens with one attached hydrogen (secondary N) is 1. The van der Waals surface area contributed by atoms with E-state index in [-0.39, 0.29) is 11.8 Å². The average molecular weight is 393 g/mol. The fourth-order valence-corrected chi connectivity index (χ4v) is 2.74. The van der Waals surface area contributed by atoms with Gasteiger partial charge in [0.1, 0.15) is 0 Å². The number of rotatable bonds is 7. The van der Waals surface area contributed by atoms with E-state index in [0.29, 0.717) is 52.5 Å². The van der Waals surface area contributed by atoms with E-state index in [9.17, 15) is 14.9 Å². The molecule has 1 aromatic carbocycles. The molecule has 10 heteroatoms. The van der Waals surface area contributed by atoms with Crippen LogP contribution in [-0.2, 0) is 16.0 Å². The van der Waals surface area contributed by atoms with Crippen molar-refractivity contribution in [2.75, 3.05) is 53.0 Å². The van der Waals surface area contributed by atoms with E-state index in [1.807, 2.05) is 0 Å². The van der Waals surface area contributed by atoms with Gasteiger partial charge in [-0.25, -0.2) is 9.79 Å². The second-order valence-corrected chi connectivity index (χ2v) is 6.16. The summed E-state index contributed by atoms with van der Waals surface area (Å²) in [6.07, 6.45) is -0.293.